The fraction of sp³-hybridized carbons (Fsp3) is 0. The first-order chi connectivity index (χ1) is 29.7. The number of benzene rings is 10. The van der Waals surface area contributed by atoms with Gasteiger partial charge in [-0.15, -0.1) is 0 Å². The fourth-order valence-corrected chi connectivity index (χ4v) is 8.69. The van der Waals surface area contributed by atoms with Crippen molar-refractivity contribution in [3.63, 3.8) is 0 Å². The summed E-state index contributed by atoms with van der Waals surface area (Å²) in [5.74, 6) is 1.80. The molecule has 0 atom stereocenters. The van der Waals surface area contributed by atoms with Crippen LogP contribution in [0.4, 0.5) is 0 Å². The Hall–Kier alpha value is -8.26. The number of rotatable bonds is 6. The highest BCUT2D eigenvalue weighted by atomic mass is 15.0. The third-order valence-corrected chi connectivity index (χ3v) is 11.5. The highest BCUT2D eigenvalue weighted by Gasteiger charge is 2.20. The second-order valence-corrected chi connectivity index (χ2v) is 15.1. The number of fused-ring (bicyclic) bond motifs is 5. The van der Waals surface area contributed by atoms with Crippen LogP contribution in [0, 0.1) is 11.3 Å². The van der Waals surface area contributed by atoms with Gasteiger partial charge in [0, 0.05) is 16.7 Å². The predicted molar refractivity (Wildman–Crippen MR) is 247 cm³/mol. The Morgan fingerprint density at radius 3 is 1.53 bits per heavy atom. The van der Waals surface area contributed by atoms with Gasteiger partial charge < -0.3 is 0 Å². The Morgan fingerprint density at radius 2 is 0.817 bits per heavy atom. The molecule has 60 heavy (non-hydrogen) atoms. The normalized spacial score (nSPS) is 11.3. The van der Waals surface area contributed by atoms with Crippen LogP contribution in [0.3, 0.4) is 0 Å². The molecule has 0 radical (unpaired) electrons. The van der Waals surface area contributed by atoms with Gasteiger partial charge in [-0.05, 0) is 94.7 Å². The molecule has 0 aliphatic heterocycles. The molecule has 4 heteroatoms. The van der Waals surface area contributed by atoms with Gasteiger partial charge in [0.05, 0.1) is 11.6 Å². The molecule has 10 aromatic carbocycles. The maximum atomic E-state index is 9.33. The van der Waals surface area contributed by atoms with E-state index in [1.165, 1.54) is 59.8 Å². The van der Waals surface area contributed by atoms with Crippen LogP contribution < -0.4 is 0 Å². The van der Waals surface area contributed by atoms with Gasteiger partial charge in [0.25, 0.3) is 0 Å². The van der Waals surface area contributed by atoms with Crippen molar-refractivity contribution in [2.24, 2.45) is 0 Å². The molecule has 0 saturated heterocycles. The maximum Gasteiger partial charge on any atom is 0.164 e. The van der Waals surface area contributed by atoms with E-state index < -0.39 is 0 Å². The highest BCUT2D eigenvalue weighted by molar-refractivity contribution is 6.29. The van der Waals surface area contributed by atoms with Gasteiger partial charge in [-0.3, -0.25) is 0 Å². The molecule has 1 aromatic heterocycles. The average Bonchev–Trinajstić information content (AvgIpc) is 3.33. The van der Waals surface area contributed by atoms with Crippen LogP contribution in [0.5, 0.6) is 0 Å². The lowest BCUT2D eigenvalue weighted by Gasteiger charge is -2.20. The molecule has 4 nitrogen and oxygen atoms in total. The minimum atomic E-state index is 0.589. The van der Waals surface area contributed by atoms with Crippen molar-refractivity contribution in [1.82, 2.24) is 15.0 Å². The first kappa shape index (κ1) is 34.9. The van der Waals surface area contributed by atoms with Crippen molar-refractivity contribution in [3.8, 4) is 73.6 Å². The van der Waals surface area contributed by atoms with Gasteiger partial charge in [-0.1, -0.05) is 188 Å². The predicted octanol–water partition coefficient (Wildman–Crippen LogP) is 14.4. The Morgan fingerprint density at radius 1 is 0.317 bits per heavy atom. The summed E-state index contributed by atoms with van der Waals surface area (Å²) in [7, 11) is 0. The smallest absolute Gasteiger partial charge is 0.164 e. The van der Waals surface area contributed by atoms with Crippen LogP contribution in [0.2, 0.25) is 0 Å². The van der Waals surface area contributed by atoms with Crippen LogP contribution in [0.15, 0.2) is 206 Å². The molecule has 1 heterocycles. The Bertz CT molecular complexity index is 3470. The van der Waals surface area contributed by atoms with Gasteiger partial charge in [-0.25, -0.2) is 15.0 Å². The van der Waals surface area contributed by atoms with Crippen LogP contribution in [0.1, 0.15) is 5.56 Å². The van der Waals surface area contributed by atoms with E-state index in [2.05, 4.69) is 146 Å². The van der Waals surface area contributed by atoms with Crippen LogP contribution in [-0.2, 0) is 0 Å². The monoisotopic (exact) mass is 762 g/mol. The highest BCUT2D eigenvalue weighted by Crippen LogP contribution is 2.47. The third kappa shape index (κ3) is 6.05. The fourth-order valence-electron chi connectivity index (χ4n) is 8.69. The number of hydrogen-bond donors (Lipinski definition) is 0. The van der Waals surface area contributed by atoms with Crippen molar-refractivity contribution in [3.05, 3.63) is 212 Å². The van der Waals surface area contributed by atoms with Gasteiger partial charge in [0.2, 0.25) is 0 Å². The average molecular weight is 763 g/mol. The summed E-state index contributed by atoms with van der Waals surface area (Å²) in [5.41, 5.74) is 10.2. The number of nitrogens with zero attached hydrogens (tertiary/aromatic N) is 4. The van der Waals surface area contributed by atoms with E-state index in [1.807, 2.05) is 66.7 Å². The van der Waals surface area contributed by atoms with Crippen LogP contribution in [0.25, 0.3) is 111 Å². The standard InChI is InChI=1S/C56H34N4/c57-35-36-24-26-37(27-25-36)43-17-10-18-44(34-43)56-59-54(41-14-2-1-3-15-41)58-55(60-56)42-30-28-40(29-31-42)51-48-21-8-9-22-49(48)53(47-23-11-16-38-12-4-6-19-45(38)47)52-46-20-7-5-13-39(46)32-33-50(51)52/h1-34H. The van der Waals surface area contributed by atoms with Crippen molar-refractivity contribution in [2.45, 2.75) is 0 Å². The van der Waals surface area contributed by atoms with E-state index in [-0.39, 0.29) is 0 Å². The summed E-state index contributed by atoms with van der Waals surface area (Å²) >= 11 is 0. The number of hydrogen-bond acceptors (Lipinski definition) is 4. The zero-order chi connectivity index (χ0) is 40.0. The van der Waals surface area contributed by atoms with E-state index in [4.69, 9.17) is 15.0 Å². The lowest BCUT2D eigenvalue weighted by molar-refractivity contribution is 1.07. The topological polar surface area (TPSA) is 62.5 Å². The Labute approximate surface area is 347 Å². The van der Waals surface area contributed by atoms with E-state index in [9.17, 15) is 5.26 Å². The zero-order valence-electron chi connectivity index (χ0n) is 32.4. The first-order valence-corrected chi connectivity index (χ1v) is 20.1. The zero-order valence-corrected chi connectivity index (χ0v) is 32.4. The van der Waals surface area contributed by atoms with E-state index in [0.29, 0.717) is 23.0 Å². The SMILES string of the molecule is N#Cc1ccc(-c2cccc(-c3nc(-c4ccccc4)nc(-c4ccc(-c5c6ccccc6c(-c6cccc7ccccc67)c6c5ccc5ccccc56)cc4)n3)c2)cc1. The van der Waals surface area contributed by atoms with E-state index in [0.717, 1.165) is 33.4 Å². The first-order valence-electron chi connectivity index (χ1n) is 20.1. The molecule has 0 aliphatic carbocycles. The minimum Gasteiger partial charge on any atom is -0.208 e. The molecule has 0 fully saturated rings. The molecule has 0 bridgehead atoms. The minimum absolute atomic E-state index is 0.589. The Kier molecular flexibility index (Phi) is 8.50. The molecule has 0 aliphatic rings. The molecule has 11 rings (SSSR count). The molecule has 0 unspecified atom stereocenters. The Balaban J connectivity index is 1.09. The molecule has 0 amide bonds. The summed E-state index contributed by atoms with van der Waals surface area (Å²) in [6.07, 6.45) is 0. The summed E-state index contributed by atoms with van der Waals surface area (Å²) in [6, 6.07) is 74.3. The van der Waals surface area contributed by atoms with E-state index >= 15 is 0 Å². The molecule has 0 spiro atoms. The third-order valence-electron chi connectivity index (χ3n) is 11.5. The van der Waals surface area contributed by atoms with E-state index in [1.54, 1.807) is 0 Å². The van der Waals surface area contributed by atoms with Gasteiger partial charge in [-0.2, -0.15) is 5.26 Å². The molecule has 278 valence electrons. The molecular weight excluding hydrogens is 729 g/mol. The number of nitriles is 1. The second kappa shape index (κ2) is 14.6. The number of aromatic nitrogens is 3. The second-order valence-electron chi connectivity index (χ2n) is 15.1. The van der Waals surface area contributed by atoms with Crippen molar-refractivity contribution < 1.29 is 0 Å². The largest absolute Gasteiger partial charge is 0.208 e. The van der Waals surface area contributed by atoms with Gasteiger partial charge in [0.15, 0.2) is 17.5 Å². The summed E-state index contributed by atoms with van der Waals surface area (Å²) in [4.78, 5) is 15.2. The van der Waals surface area contributed by atoms with Crippen LogP contribution in [-0.4, -0.2) is 15.0 Å². The molecule has 11 aromatic rings. The lowest BCUT2D eigenvalue weighted by atomic mass is 9.83. The quantitative estimate of drug-likeness (QED) is 0.125. The molecule has 0 N–H and O–H groups in total. The van der Waals surface area contributed by atoms with Crippen LogP contribution >= 0.6 is 0 Å². The molecular formula is C56H34N4. The summed E-state index contributed by atoms with van der Waals surface area (Å²) in [5, 5.41) is 19.1. The summed E-state index contributed by atoms with van der Waals surface area (Å²) < 4.78 is 0. The van der Waals surface area contributed by atoms with Crippen molar-refractivity contribution in [2.75, 3.05) is 0 Å². The van der Waals surface area contributed by atoms with Gasteiger partial charge >= 0.3 is 0 Å². The summed E-state index contributed by atoms with van der Waals surface area (Å²) in [6.45, 7) is 0. The van der Waals surface area contributed by atoms with Gasteiger partial charge in [0.1, 0.15) is 0 Å². The molecule has 0 saturated carbocycles. The maximum absolute atomic E-state index is 9.33. The van der Waals surface area contributed by atoms with Crippen molar-refractivity contribution >= 4 is 43.1 Å². The lowest BCUT2D eigenvalue weighted by Crippen LogP contribution is -2.00. The van der Waals surface area contributed by atoms with Crippen molar-refractivity contribution in [1.29, 1.82) is 5.26 Å².